The smallest absolute Gasteiger partial charge is 0.326 e. The van der Waals surface area contributed by atoms with E-state index in [4.69, 9.17) is 10.5 Å². The van der Waals surface area contributed by atoms with Crippen LogP contribution in [-0.4, -0.2) is 41.6 Å². The summed E-state index contributed by atoms with van der Waals surface area (Å²) in [6.07, 6.45) is 36.2. The van der Waals surface area contributed by atoms with Gasteiger partial charge in [0.25, 0.3) is 0 Å². The third-order valence-corrected chi connectivity index (χ3v) is 7.91. The van der Waals surface area contributed by atoms with Crippen LogP contribution in [0.3, 0.4) is 0 Å². The van der Waals surface area contributed by atoms with Crippen molar-refractivity contribution in [3.05, 3.63) is 36.5 Å². The number of hydrogen-bond donors (Lipinski definition) is 3. The Hall–Kier alpha value is -2.41. The Bertz CT molecular complexity index is 808. The van der Waals surface area contributed by atoms with Crippen molar-refractivity contribution in [3.8, 4) is 0 Å². The van der Waals surface area contributed by atoms with Crippen LogP contribution in [0.2, 0.25) is 0 Å². The summed E-state index contributed by atoms with van der Waals surface area (Å²) in [7, 11) is 0. The first-order valence-electron chi connectivity index (χ1n) is 18.3. The molecule has 0 aliphatic heterocycles. The van der Waals surface area contributed by atoms with Crippen LogP contribution in [0.15, 0.2) is 36.5 Å². The highest BCUT2D eigenvalue weighted by atomic mass is 16.5. The summed E-state index contributed by atoms with van der Waals surface area (Å²) >= 11 is 0. The third-order valence-electron chi connectivity index (χ3n) is 7.91. The van der Waals surface area contributed by atoms with Crippen molar-refractivity contribution in [1.29, 1.82) is 0 Å². The highest BCUT2D eigenvalue weighted by Crippen LogP contribution is 2.14. The molecule has 7 heteroatoms. The number of carbonyl (C=O) groups excluding carboxylic acids is 2. The molecule has 7 nitrogen and oxygen atoms in total. The van der Waals surface area contributed by atoms with E-state index in [2.05, 4.69) is 49.5 Å². The molecule has 2 unspecified atom stereocenters. The minimum Gasteiger partial charge on any atom is -0.480 e. The Balaban J connectivity index is 4.45. The van der Waals surface area contributed by atoms with Gasteiger partial charge in [0.2, 0.25) is 5.91 Å². The second-order valence-electron chi connectivity index (χ2n) is 12.3. The number of carbonyl (C=O) groups is 3. The van der Waals surface area contributed by atoms with Gasteiger partial charge in [-0.15, -0.1) is 0 Å². The first kappa shape index (κ1) is 42.6. The van der Waals surface area contributed by atoms with Crippen LogP contribution in [0, 0.1) is 0 Å². The Morgan fingerprint density at radius 1 is 0.667 bits per heavy atom. The molecule has 0 aromatic heterocycles. The lowest BCUT2D eigenvalue weighted by atomic mass is 10.1. The molecule has 0 aliphatic carbocycles. The third kappa shape index (κ3) is 30.0. The highest BCUT2D eigenvalue weighted by Gasteiger charge is 2.18. The number of ether oxygens (including phenoxy) is 1. The van der Waals surface area contributed by atoms with E-state index in [-0.39, 0.29) is 18.0 Å². The Morgan fingerprint density at radius 2 is 1.24 bits per heavy atom. The fourth-order valence-electron chi connectivity index (χ4n) is 5.08. The summed E-state index contributed by atoms with van der Waals surface area (Å²) in [5, 5.41) is 11.9. The van der Waals surface area contributed by atoms with Crippen molar-refractivity contribution in [3.63, 3.8) is 0 Å². The van der Waals surface area contributed by atoms with Crippen LogP contribution in [0.25, 0.3) is 0 Å². The van der Waals surface area contributed by atoms with Gasteiger partial charge in [-0.25, -0.2) is 4.79 Å². The second-order valence-corrected chi connectivity index (χ2v) is 12.3. The standard InChI is InChI=1S/C38H68N2O5/c1-3-5-7-9-11-13-14-16-18-20-26-32-37(42)45-34(28-23-19-17-15-12-10-8-6-4-2)29-24-21-22-25-31-36(41)40-35(38(43)44)30-27-33-39/h9,11,15,17,23,28,34-35H,3-8,10,12-14,16,18-22,24-27,29-33,39H2,1-2H3,(H,40,41)(H,43,44)/b11-9-,17-15-,28-23-. The fraction of sp³-hybridized carbons (Fsp3) is 0.763. The zero-order chi connectivity index (χ0) is 33.2. The molecule has 4 N–H and O–H groups in total. The number of esters is 1. The Kier molecular flexibility index (Phi) is 31.2. The molecule has 0 aliphatic rings. The number of unbranched alkanes of at least 4 members (excludes halogenated alkanes) is 14. The summed E-state index contributed by atoms with van der Waals surface area (Å²) in [6, 6.07) is -0.873. The van der Waals surface area contributed by atoms with Gasteiger partial charge in [-0.3, -0.25) is 9.59 Å². The van der Waals surface area contributed by atoms with E-state index < -0.39 is 12.0 Å². The van der Waals surface area contributed by atoms with Crippen LogP contribution in [-0.2, 0) is 19.1 Å². The first-order chi connectivity index (χ1) is 21.9. The zero-order valence-electron chi connectivity index (χ0n) is 29.0. The minimum atomic E-state index is -1.02. The average Bonchev–Trinajstić information content (AvgIpc) is 3.02. The number of nitrogens with two attached hydrogens (primary N) is 1. The molecule has 2 atom stereocenters. The number of carboxylic acids is 1. The van der Waals surface area contributed by atoms with E-state index in [1.807, 2.05) is 6.08 Å². The summed E-state index contributed by atoms with van der Waals surface area (Å²) in [6.45, 7) is 4.85. The molecule has 0 aromatic carbocycles. The lowest BCUT2D eigenvalue weighted by Gasteiger charge is -2.15. The van der Waals surface area contributed by atoms with Crippen molar-refractivity contribution >= 4 is 17.8 Å². The predicted octanol–water partition coefficient (Wildman–Crippen LogP) is 9.50. The maximum atomic E-state index is 12.6. The van der Waals surface area contributed by atoms with E-state index in [0.29, 0.717) is 38.6 Å². The molecule has 0 bridgehead atoms. The van der Waals surface area contributed by atoms with E-state index >= 15 is 0 Å². The normalized spacial score (nSPS) is 13.1. The van der Waals surface area contributed by atoms with Gasteiger partial charge in [-0.1, -0.05) is 108 Å². The molecule has 45 heavy (non-hydrogen) atoms. The summed E-state index contributed by atoms with van der Waals surface area (Å²) < 4.78 is 5.87. The average molecular weight is 633 g/mol. The van der Waals surface area contributed by atoms with Gasteiger partial charge >= 0.3 is 11.9 Å². The van der Waals surface area contributed by atoms with Crippen molar-refractivity contribution in [1.82, 2.24) is 5.32 Å². The molecule has 1 amide bonds. The van der Waals surface area contributed by atoms with Gasteiger partial charge in [0.15, 0.2) is 0 Å². The van der Waals surface area contributed by atoms with E-state index in [1.54, 1.807) is 0 Å². The van der Waals surface area contributed by atoms with E-state index in [1.165, 1.54) is 57.8 Å². The van der Waals surface area contributed by atoms with Crippen LogP contribution in [0.5, 0.6) is 0 Å². The van der Waals surface area contributed by atoms with Gasteiger partial charge in [0.05, 0.1) is 0 Å². The summed E-state index contributed by atoms with van der Waals surface area (Å²) in [4.78, 5) is 36.1. The first-order valence-corrected chi connectivity index (χ1v) is 18.3. The van der Waals surface area contributed by atoms with Gasteiger partial charge in [0, 0.05) is 12.8 Å². The Labute approximate surface area is 275 Å². The largest absolute Gasteiger partial charge is 0.480 e. The van der Waals surface area contributed by atoms with Gasteiger partial charge in [-0.05, 0) is 89.7 Å². The molecule has 0 heterocycles. The van der Waals surface area contributed by atoms with Crippen molar-refractivity contribution in [2.24, 2.45) is 5.73 Å². The van der Waals surface area contributed by atoms with E-state index in [9.17, 15) is 19.5 Å². The molecule has 0 saturated heterocycles. The molecule has 0 aromatic rings. The molecule has 0 fully saturated rings. The summed E-state index contributed by atoms with van der Waals surface area (Å²) in [5.41, 5.74) is 5.46. The second kappa shape index (κ2) is 33.0. The van der Waals surface area contributed by atoms with Gasteiger partial charge in [-0.2, -0.15) is 0 Å². The molecule has 0 radical (unpaired) electrons. The maximum Gasteiger partial charge on any atom is 0.326 e. The van der Waals surface area contributed by atoms with Crippen LogP contribution in [0.4, 0.5) is 0 Å². The topological polar surface area (TPSA) is 119 Å². The minimum absolute atomic E-state index is 0.116. The van der Waals surface area contributed by atoms with Crippen molar-refractivity contribution in [2.75, 3.05) is 6.54 Å². The molecular weight excluding hydrogens is 564 g/mol. The van der Waals surface area contributed by atoms with Gasteiger partial charge < -0.3 is 20.9 Å². The molecule has 260 valence electrons. The van der Waals surface area contributed by atoms with Crippen molar-refractivity contribution < 1.29 is 24.2 Å². The molecular formula is C38H68N2O5. The number of carboxylic acid groups (broad SMARTS) is 1. The lowest BCUT2D eigenvalue weighted by molar-refractivity contribution is -0.147. The summed E-state index contributed by atoms with van der Waals surface area (Å²) in [5.74, 6) is -1.37. The van der Waals surface area contributed by atoms with Crippen LogP contribution >= 0.6 is 0 Å². The van der Waals surface area contributed by atoms with Crippen LogP contribution < -0.4 is 11.1 Å². The monoisotopic (exact) mass is 633 g/mol. The van der Waals surface area contributed by atoms with Crippen LogP contribution in [0.1, 0.15) is 168 Å². The SMILES string of the molecule is CCCC/C=C\CCCCCCCC(=O)OC(/C=C\C/C=C\CCCCCC)CCCCCCC(=O)NC(CCCN)C(=O)O. The molecule has 0 saturated carbocycles. The number of nitrogens with one attached hydrogen (secondary N) is 1. The number of aliphatic carboxylic acids is 1. The van der Waals surface area contributed by atoms with Crippen molar-refractivity contribution in [2.45, 2.75) is 180 Å². The lowest BCUT2D eigenvalue weighted by Crippen LogP contribution is -2.40. The number of rotatable bonds is 32. The Morgan fingerprint density at radius 3 is 1.91 bits per heavy atom. The fourth-order valence-corrected chi connectivity index (χ4v) is 5.08. The number of hydrogen-bond acceptors (Lipinski definition) is 5. The predicted molar refractivity (Wildman–Crippen MR) is 188 cm³/mol. The van der Waals surface area contributed by atoms with E-state index in [0.717, 1.165) is 64.2 Å². The highest BCUT2D eigenvalue weighted by molar-refractivity contribution is 5.83. The zero-order valence-corrected chi connectivity index (χ0v) is 29.0. The molecule has 0 rings (SSSR count). The quantitative estimate of drug-likeness (QED) is 0.0386. The molecule has 0 spiro atoms. The number of allylic oxidation sites excluding steroid dienone is 5. The maximum absolute atomic E-state index is 12.6. The van der Waals surface area contributed by atoms with Gasteiger partial charge in [0.1, 0.15) is 12.1 Å². The number of amides is 1.